The van der Waals surface area contributed by atoms with Crippen molar-refractivity contribution in [3.63, 3.8) is 0 Å². The number of amides is 1. The lowest BCUT2D eigenvalue weighted by atomic mass is 9.92. The van der Waals surface area contributed by atoms with Crippen molar-refractivity contribution in [1.29, 1.82) is 0 Å². The number of aryl methyl sites for hydroxylation is 1. The number of hydrogen-bond acceptors (Lipinski definition) is 4. The molecule has 0 radical (unpaired) electrons. The molecule has 6 rings (SSSR count). The summed E-state index contributed by atoms with van der Waals surface area (Å²) in [7, 11) is 1.91. The molecule has 2 aliphatic rings. The van der Waals surface area contributed by atoms with Gasteiger partial charge in [-0.2, -0.15) is 10.2 Å². The van der Waals surface area contributed by atoms with Crippen molar-refractivity contribution < 1.29 is 4.79 Å². The largest absolute Gasteiger partial charge is 0.338 e. The van der Waals surface area contributed by atoms with Crippen molar-refractivity contribution in [3.05, 3.63) is 54.1 Å². The Hall–Kier alpha value is -3.48. The van der Waals surface area contributed by atoms with Crippen LogP contribution in [0.3, 0.4) is 0 Å². The van der Waals surface area contributed by atoms with Crippen LogP contribution in [-0.2, 0) is 24.8 Å². The molecule has 0 bridgehead atoms. The second kappa shape index (κ2) is 9.05. The first-order valence-electron chi connectivity index (χ1n) is 12.3. The van der Waals surface area contributed by atoms with Gasteiger partial charge in [0.05, 0.1) is 23.6 Å². The van der Waals surface area contributed by atoms with Crippen LogP contribution in [0.5, 0.6) is 0 Å². The first kappa shape index (κ1) is 22.3. The van der Waals surface area contributed by atoms with Crippen molar-refractivity contribution >= 4 is 16.7 Å². The van der Waals surface area contributed by atoms with E-state index in [4.69, 9.17) is 10.1 Å². The molecular weight excluding hydrogens is 424 g/mol. The van der Waals surface area contributed by atoms with Gasteiger partial charge in [0.25, 0.3) is 0 Å². The quantitative estimate of drug-likeness (QED) is 0.427. The summed E-state index contributed by atoms with van der Waals surface area (Å²) in [5.74, 6) is 0.124. The minimum atomic E-state index is 0.124. The highest BCUT2D eigenvalue weighted by molar-refractivity contribution is 5.97. The van der Waals surface area contributed by atoms with Gasteiger partial charge in [0.15, 0.2) is 0 Å². The number of pyridine rings is 1. The van der Waals surface area contributed by atoms with Gasteiger partial charge in [-0.1, -0.05) is 32.0 Å². The fourth-order valence-corrected chi connectivity index (χ4v) is 4.95. The number of fused-ring (bicyclic) bond motifs is 2. The van der Waals surface area contributed by atoms with Crippen molar-refractivity contribution in [2.75, 3.05) is 6.54 Å². The SMILES string of the molecule is CC.CC(=O)N1CCc2c(c(-c3cccc4cc(-c5cnn(C)c5)ncc34)nn2C2CCC2)C1. The number of hydrogen-bond donors (Lipinski definition) is 0. The highest BCUT2D eigenvalue weighted by Gasteiger charge is 2.31. The lowest BCUT2D eigenvalue weighted by molar-refractivity contribution is -0.129. The second-order valence-corrected chi connectivity index (χ2v) is 8.99. The van der Waals surface area contributed by atoms with E-state index in [0.29, 0.717) is 12.6 Å². The van der Waals surface area contributed by atoms with Crippen molar-refractivity contribution in [1.82, 2.24) is 29.4 Å². The van der Waals surface area contributed by atoms with Gasteiger partial charge in [0.2, 0.25) is 5.91 Å². The molecule has 1 fully saturated rings. The lowest BCUT2D eigenvalue weighted by Gasteiger charge is -2.31. The average molecular weight is 457 g/mol. The Kier molecular flexibility index (Phi) is 5.94. The summed E-state index contributed by atoms with van der Waals surface area (Å²) in [6.45, 7) is 7.05. The number of nitrogens with zero attached hydrogens (tertiary/aromatic N) is 6. The molecule has 0 saturated heterocycles. The van der Waals surface area contributed by atoms with Crippen LogP contribution in [0.2, 0.25) is 0 Å². The van der Waals surface area contributed by atoms with E-state index in [0.717, 1.165) is 46.3 Å². The maximum atomic E-state index is 12.1. The summed E-state index contributed by atoms with van der Waals surface area (Å²) in [5.41, 5.74) is 6.50. The van der Waals surface area contributed by atoms with E-state index in [1.54, 1.807) is 11.6 Å². The first-order valence-corrected chi connectivity index (χ1v) is 12.3. The Labute approximate surface area is 200 Å². The van der Waals surface area contributed by atoms with Gasteiger partial charge < -0.3 is 4.90 Å². The molecule has 1 saturated carbocycles. The number of carbonyl (C=O) groups is 1. The van der Waals surface area contributed by atoms with Gasteiger partial charge >= 0.3 is 0 Å². The summed E-state index contributed by atoms with van der Waals surface area (Å²) < 4.78 is 4.06. The van der Waals surface area contributed by atoms with Crippen LogP contribution in [0.4, 0.5) is 0 Å². The molecule has 7 heteroatoms. The summed E-state index contributed by atoms with van der Waals surface area (Å²) in [4.78, 5) is 18.8. The van der Waals surface area contributed by atoms with Gasteiger partial charge in [-0.15, -0.1) is 0 Å². The molecule has 0 N–H and O–H groups in total. The third-order valence-corrected chi connectivity index (χ3v) is 6.97. The summed E-state index contributed by atoms with van der Waals surface area (Å²) in [6, 6.07) is 8.95. The normalized spacial score (nSPS) is 15.5. The van der Waals surface area contributed by atoms with Crippen LogP contribution in [0.25, 0.3) is 33.3 Å². The molecule has 0 spiro atoms. The zero-order valence-corrected chi connectivity index (χ0v) is 20.5. The summed E-state index contributed by atoms with van der Waals surface area (Å²) in [5, 5.41) is 11.6. The van der Waals surface area contributed by atoms with Gasteiger partial charge in [0, 0.05) is 73.6 Å². The Bertz CT molecular complexity index is 1350. The minimum absolute atomic E-state index is 0.124. The molecule has 1 amide bonds. The smallest absolute Gasteiger partial charge is 0.219 e. The molecule has 0 atom stereocenters. The van der Waals surface area contributed by atoms with Gasteiger partial charge in [-0.05, 0) is 30.7 Å². The predicted octanol–water partition coefficient (Wildman–Crippen LogP) is 5.15. The van der Waals surface area contributed by atoms with Crippen LogP contribution in [0, 0.1) is 0 Å². The standard InChI is InChI=1S/C25H26N6O.C2H6/c1-16(32)30-10-9-24-22(15-30)25(28-31(24)19-6-4-7-19)20-8-3-5-17-11-23(26-13-21(17)20)18-12-27-29(2)14-18;1-2/h3,5,8,11-14,19H,4,6-7,9-10,15H2,1-2H3;1-2H3. The van der Waals surface area contributed by atoms with Crippen LogP contribution >= 0.6 is 0 Å². The van der Waals surface area contributed by atoms with Crippen LogP contribution in [-0.4, -0.2) is 41.9 Å². The molecule has 1 aliphatic carbocycles. The Morgan fingerprint density at radius 3 is 2.65 bits per heavy atom. The third-order valence-electron chi connectivity index (χ3n) is 6.97. The molecule has 7 nitrogen and oxygen atoms in total. The molecule has 176 valence electrons. The molecule has 0 unspecified atom stereocenters. The molecule has 4 aromatic rings. The Balaban J connectivity index is 0.00000117. The van der Waals surface area contributed by atoms with E-state index >= 15 is 0 Å². The average Bonchev–Trinajstić information content (AvgIpc) is 3.42. The van der Waals surface area contributed by atoms with E-state index in [-0.39, 0.29) is 5.91 Å². The Morgan fingerprint density at radius 2 is 1.97 bits per heavy atom. The van der Waals surface area contributed by atoms with Crippen LogP contribution < -0.4 is 0 Å². The molecule has 4 heterocycles. The topological polar surface area (TPSA) is 68.8 Å². The second-order valence-electron chi connectivity index (χ2n) is 8.99. The van der Waals surface area contributed by atoms with Gasteiger partial charge in [-0.3, -0.25) is 19.1 Å². The predicted molar refractivity (Wildman–Crippen MR) is 134 cm³/mol. The summed E-state index contributed by atoms with van der Waals surface area (Å²) >= 11 is 0. The van der Waals surface area contributed by atoms with Crippen molar-refractivity contribution in [2.45, 2.75) is 59.0 Å². The number of carbonyl (C=O) groups excluding carboxylic acids is 1. The minimum Gasteiger partial charge on any atom is -0.338 e. The van der Waals surface area contributed by atoms with Gasteiger partial charge in [-0.25, -0.2) is 0 Å². The van der Waals surface area contributed by atoms with Crippen molar-refractivity contribution in [2.24, 2.45) is 7.05 Å². The maximum Gasteiger partial charge on any atom is 0.219 e. The highest BCUT2D eigenvalue weighted by Crippen LogP contribution is 2.39. The number of benzene rings is 1. The first-order chi connectivity index (χ1) is 16.6. The van der Waals surface area contributed by atoms with Gasteiger partial charge in [0.1, 0.15) is 0 Å². The number of aromatic nitrogens is 5. The molecule has 3 aromatic heterocycles. The van der Waals surface area contributed by atoms with Crippen LogP contribution in [0.1, 0.15) is 57.3 Å². The molecular formula is C27H32N6O. The molecule has 34 heavy (non-hydrogen) atoms. The van der Waals surface area contributed by atoms with Crippen molar-refractivity contribution in [3.8, 4) is 22.5 Å². The van der Waals surface area contributed by atoms with E-state index in [1.807, 2.05) is 44.4 Å². The fraction of sp³-hybridized carbons (Fsp3) is 0.407. The van der Waals surface area contributed by atoms with E-state index < -0.39 is 0 Å². The summed E-state index contributed by atoms with van der Waals surface area (Å²) in [6.07, 6.45) is 10.3. The number of rotatable bonds is 3. The lowest BCUT2D eigenvalue weighted by Crippen LogP contribution is -2.35. The van der Waals surface area contributed by atoms with Crippen LogP contribution in [0.15, 0.2) is 42.9 Å². The molecule has 1 aromatic carbocycles. The van der Waals surface area contributed by atoms with E-state index in [2.05, 4.69) is 34.0 Å². The third kappa shape index (κ3) is 3.79. The highest BCUT2D eigenvalue weighted by atomic mass is 16.2. The Morgan fingerprint density at radius 1 is 1.15 bits per heavy atom. The fourth-order valence-electron chi connectivity index (χ4n) is 4.95. The zero-order valence-electron chi connectivity index (χ0n) is 20.5. The monoisotopic (exact) mass is 456 g/mol. The zero-order chi connectivity index (χ0) is 23.8. The maximum absolute atomic E-state index is 12.1. The van der Waals surface area contributed by atoms with E-state index in [9.17, 15) is 4.79 Å². The van der Waals surface area contributed by atoms with E-state index in [1.165, 1.54) is 30.5 Å². The molecule has 1 aliphatic heterocycles.